The Balaban J connectivity index is 0.975. The number of benzene rings is 6. The predicted octanol–water partition coefficient (Wildman–Crippen LogP) is 11.6. The number of nitrogens with zero attached hydrogens (tertiary/aromatic N) is 3. The lowest BCUT2D eigenvalue weighted by atomic mass is 9.88. The fourth-order valence-corrected chi connectivity index (χ4v) is 8.27. The summed E-state index contributed by atoms with van der Waals surface area (Å²) in [6.07, 6.45) is 19.3. The zero-order valence-electron chi connectivity index (χ0n) is 27.0. The topological polar surface area (TPSA) is 29.0 Å². The SMILES string of the molecule is C1=CC2c3ccccc3N(c3cccc(-c4cccc(C5=CC=C(c6ccc7c8ccccc8c8nccnc8c7c6)CC5)c4)c3)C2C=C1. The number of hydrogen-bond acceptors (Lipinski definition) is 3. The predicted molar refractivity (Wildman–Crippen MR) is 205 cm³/mol. The lowest BCUT2D eigenvalue weighted by Gasteiger charge is -2.29. The van der Waals surface area contributed by atoms with Crippen LogP contribution in [0.5, 0.6) is 0 Å². The molecule has 0 saturated carbocycles. The summed E-state index contributed by atoms with van der Waals surface area (Å²) in [5.41, 5.74) is 13.6. The van der Waals surface area contributed by atoms with Crippen LogP contribution in [-0.4, -0.2) is 16.0 Å². The van der Waals surface area contributed by atoms with Crippen LogP contribution in [0.25, 0.3) is 54.9 Å². The van der Waals surface area contributed by atoms with Crippen molar-refractivity contribution in [2.45, 2.75) is 24.8 Å². The van der Waals surface area contributed by atoms with Crippen molar-refractivity contribution in [3.8, 4) is 11.1 Å². The van der Waals surface area contributed by atoms with Crippen molar-refractivity contribution < 1.29 is 0 Å². The van der Waals surface area contributed by atoms with E-state index in [0.717, 1.165) is 34.6 Å². The molecule has 0 bridgehead atoms. The van der Waals surface area contributed by atoms with Gasteiger partial charge in [0.15, 0.2) is 0 Å². The molecule has 1 aromatic heterocycles. The van der Waals surface area contributed by atoms with E-state index in [1.54, 1.807) is 12.4 Å². The van der Waals surface area contributed by atoms with Gasteiger partial charge in [0.2, 0.25) is 0 Å². The molecule has 1 aliphatic heterocycles. The number of allylic oxidation sites excluding steroid dienone is 6. The third-order valence-corrected chi connectivity index (χ3v) is 10.6. The molecule has 0 saturated heterocycles. The first-order valence-electron chi connectivity index (χ1n) is 17.2. The Hall–Kier alpha value is -6.06. The van der Waals surface area contributed by atoms with Gasteiger partial charge < -0.3 is 4.90 Å². The maximum atomic E-state index is 4.78. The fraction of sp³-hybridized carbons (Fsp3) is 0.0870. The van der Waals surface area contributed by atoms with Crippen molar-refractivity contribution in [2.24, 2.45) is 0 Å². The van der Waals surface area contributed by atoms with E-state index in [4.69, 9.17) is 9.97 Å². The first-order chi connectivity index (χ1) is 24.3. The summed E-state index contributed by atoms with van der Waals surface area (Å²) in [4.78, 5) is 12.0. The lowest BCUT2D eigenvalue weighted by Crippen LogP contribution is -2.28. The lowest BCUT2D eigenvalue weighted by molar-refractivity contribution is 0.745. The third kappa shape index (κ3) is 4.57. The molecule has 3 aliphatic rings. The van der Waals surface area contributed by atoms with E-state index in [2.05, 4.69) is 157 Å². The van der Waals surface area contributed by atoms with E-state index < -0.39 is 0 Å². The van der Waals surface area contributed by atoms with Crippen molar-refractivity contribution in [3.05, 3.63) is 181 Å². The number of rotatable bonds is 4. The zero-order valence-corrected chi connectivity index (χ0v) is 27.0. The molecular formula is C46H33N3. The Morgan fingerprint density at radius 1 is 0.510 bits per heavy atom. The number of anilines is 2. The van der Waals surface area contributed by atoms with Crippen molar-refractivity contribution in [3.63, 3.8) is 0 Å². The first-order valence-corrected chi connectivity index (χ1v) is 17.2. The van der Waals surface area contributed by atoms with Crippen LogP contribution in [0.3, 0.4) is 0 Å². The second-order valence-corrected chi connectivity index (χ2v) is 13.3. The Morgan fingerprint density at radius 3 is 2.00 bits per heavy atom. The monoisotopic (exact) mass is 627 g/mol. The van der Waals surface area contributed by atoms with E-state index in [-0.39, 0.29) is 0 Å². The van der Waals surface area contributed by atoms with Crippen molar-refractivity contribution in [1.29, 1.82) is 0 Å². The van der Waals surface area contributed by atoms with E-state index in [1.165, 1.54) is 61.1 Å². The van der Waals surface area contributed by atoms with E-state index in [0.29, 0.717) is 12.0 Å². The van der Waals surface area contributed by atoms with Gasteiger partial charge in [-0.25, -0.2) is 0 Å². The van der Waals surface area contributed by atoms with Crippen molar-refractivity contribution in [2.75, 3.05) is 4.90 Å². The molecule has 232 valence electrons. The van der Waals surface area contributed by atoms with E-state index in [9.17, 15) is 0 Å². The van der Waals surface area contributed by atoms with Gasteiger partial charge >= 0.3 is 0 Å². The van der Waals surface area contributed by atoms with Gasteiger partial charge in [-0.1, -0.05) is 121 Å². The first kappa shape index (κ1) is 28.0. The second-order valence-electron chi connectivity index (χ2n) is 13.3. The van der Waals surface area contributed by atoms with Gasteiger partial charge in [-0.3, -0.25) is 9.97 Å². The highest BCUT2D eigenvalue weighted by Gasteiger charge is 2.37. The van der Waals surface area contributed by atoms with Gasteiger partial charge in [-0.05, 0) is 92.9 Å². The summed E-state index contributed by atoms with van der Waals surface area (Å²) in [6.45, 7) is 0. The summed E-state index contributed by atoms with van der Waals surface area (Å²) in [6, 6.07) is 42.6. The molecule has 3 nitrogen and oxygen atoms in total. The molecule has 2 heterocycles. The molecule has 2 unspecified atom stereocenters. The highest BCUT2D eigenvalue weighted by molar-refractivity contribution is 6.23. The highest BCUT2D eigenvalue weighted by Crippen LogP contribution is 2.48. The normalized spacial score (nSPS) is 18.1. The van der Waals surface area contributed by atoms with Gasteiger partial charge in [0.25, 0.3) is 0 Å². The number of fused-ring (bicyclic) bond motifs is 9. The van der Waals surface area contributed by atoms with Crippen LogP contribution in [0.1, 0.15) is 35.4 Å². The summed E-state index contributed by atoms with van der Waals surface area (Å²) in [7, 11) is 0. The molecule has 7 aromatic rings. The van der Waals surface area contributed by atoms with Gasteiger partial charge in [0, 0.05) is 40.5 Å². The van der Waals surface area contributed by atoms with Crippen LogP contribution in [0, 0.1) is 0 Å². The minimum absolute atomic E-state index is 0.297. The summed E-state index contributed by atoms with van der Waals surface area (Å²) >= 11 is 0. The van der Waals surface area contributed by atoms with E-state index in [1.807, 2.05) is 0 Å². The molecule has 0 fully saturated rings. The minimum atomic E-state index is 0.297. The average Bonchev–Trinajstić information content (AvgIpc) is 3.52. The van der Waals surface area contributed by atoms with Crippen LogP contribution >= 0.6 is 0 Å². The molecular weight excluding hydrogens is 595 g/mol. The maximum Gasteiger partial charge on any atom is 0.0971 e. The summed E-state index contributed by atoms with van der Waals surface area (Å²) in [5.74, 6) is 0.381. The Morgan fingerprint density at radius 2 is 1.16 bits per heavy atom. The average molecular weight is 628 g/mol. The third-order valence-electron chi connectivity index (χ3n) is 10.6. The van der Waals surface area contributed by atoms with Gasteiger partial charge in [-0.15, -0.1) is 0 Å². The zero-order chi connectivity index (χ0) is 32.3. The quantitative estimate of drug-likeness (QED) is 0.182. The largest absolute Gasteiger partial charge is 0.333 e. The molecule has 3 heteroatoms. The van der Waals surface area contributed by atoms with Crippen LogP contribution in [0.2, 0.25) is 0 Å². The van der Waals surface area contributed by atoms with Crippen molar-refractivity contribution in [1.82, 2.24) is 9.97 Å². The molecule has 2 atom stereocenters. The molecule has 0 amide bonds. The number of para-hydroxylation sites is 1. The smallest absolute Gasteiger partial charge is 0.0971 e. The Kier molecular flexibility index (Phi) is 6.45. The Labute approximate surface area is 285 Å². The van der Waals surface area contributed by atoms with Gasteiger partial charge in [0.05, 0.1) is 17.1 Å². The molecule has 10 rings (SSSR count). The van der Waals surface area contributed by atoms with Gasteiger partial charge in [0.1, 0.15) is 0 Å². The highest BCUT2D eigenvalue weighted by atomic mass is 15.2. The van der Waals surface area contributed by atoms with Crippen molar-refractivity contribution >= 4 is 55.1 Å². The summed E-state index contributed by atoms with van der Waals surface area (Å²) in [5, 5.41) is 4.76. The second kappa shape index (κ2) is 11.3. The molecule has 0 N–H and O–H groups in total. The molecule has 6 aromatic carbocycles. The molecule has 49 heavy (non-hydrogen) atoms. The number of aromatic nitrogens is 2. The number of hydrogen-bond donors (Lipinski definition) is 0. The molecule has 2 aliphatic carbocycles. The molecule has 0 radical (unpaired) electrons. The van der Waals surface area contributed by atoms with Crippen LogP contribution < -0.4 is 4.90 Å². The standard InChI is InChI=1S/C46H33N3/c1-2-16-41-37(13-1)38-24-23-35(29-42(38)46-45(41)47-25-26-48-46)31-21-19-30(20-22-31)32-9-7-10-33(27-32)34-11-8-12-36(28-34)49-43-17-5-3-14-39(43)40-15-4-6-18-44(40)49/h1-19,21,23-29,39,43H,20,22H2. The molecule has 0 spiro atoms. The van der Waals surface area contributed by atoms with Crippen LogP contribution in [0.15, 0.2) is 164 Å². The van der Waals surface area contributed by atoms with Crippen LogP contribution in [0.4, 0.5) is 11.4 Å². The maximum absolute atomic E-state index is 4.78. The summed E-state index contributed by atoms with van der Waals surface area (Å²) < 4.78 is 0. The Bertz CT molecular complexity index is 2550. The van der Waals surface area contributed by atoms with Crippen LogP contribution in [-0.2, 0) is 0 Å². The fourth-order valence-electron chi connectivity index (χ4n) is 8.27. The van der Waals surface area contributed by atoms with E-state index >= 15 is 0 Å². The van der Waals surface area contributed by atoms with Gasteiger partial charge in [-0.2, -0.15) is 0 Å². The minimum Gasteiger partial charge on any atom is -0.333 e.